The summed E-state index contributed by atoms with van der Waals surface area (Å²) in [4.78, 5) is 14.2. The molecule has 0 saturated heterocycles. The predicted octanol–water partition coefficient (Wildman–Crippen LogP) is 4.70. The molecule has 114 valence electrons. The van der Waals surface area contributed by atoms with Crippen LogP contribution in [0.1, 0.15) is 38.5 Å². The monoisotopic (exact) mass is 352 g/mol. The van der Waals surface area contributed by atoms with Crippen molar-refractivity contribution in [3.8, 4) is 0 Å². The molecule has 0 spiro atoms. The number of carbonyl (C=O) groups is 1. The van der Waals surface area contributed by atoms with Gasteiger partial charge >= 0.3 is 0 Å². The van der Waals surface area contributed by atoms with Gasteiger partial charge in [0.2, 0.25) is 0 Å². The number of aryl methyl sites for hydroxylation is 2. The normalized spacial score (nSPS) is 14.1. The van der Waals surface area contributed by atoms with E-state index >= 15 is 0 Å². The van der Waals surface area contributed by atoms with Crippen molar-refractivity contribution in [2.24, 2.45) is 5.10 Å². The van der Waals surface area contributed by atoms with Gasteiger partial charge in [0.05, 0.1) is 21.1 Å². The van der Waals surface area contributed by atoms with Crippen LogP contribution >= 0.6 is 34.5 Å². The average molecular weight is 353 g/mol. The van der Waals surface area contributed by atoms with Crippen molar-refractivity contribution in [2.45, 2.75) is 25.7 Å². The zero-order chi connectivity index (χ0) is 15.5. The molecule has 0 saturated carbocycles. The Morgan fingerprint density at radius 3 is 2.77 bits per heavy atom. The van der Waals surface area contributed by atoms with Crippen LogP contribution in [0.25, 0.3) is 0 Å². The lowest BCUT2D eigenvalue weighted by Crippen LogP contribution is -2.16. The lowest BCUT2D eigenvalue weighted by molar-refractivity contribution is 0.0959. The van der Waals surface area contributed by atoms with E-state index < -0.39 is 0 Å². The molecular formula is C16H14Cl2N2OS. The highest BCUT2D eigenvalue weighted by Gasteiger charge is 2.16. The highest BCUT2D eigenvalue weighted by atomic mass is 35.5. The highest BCUT2D eigenvalue weighted by molar-refractivity contribution is 7.14. The van der Waals surface area contributed by atoms with Crippen molar-refractivity contribution in [3.63, 3.8) is 0 Å². The molecule has 1 N–H and O–H groups in total. The maximum Gasteiger partial charge on any atom is 0.281 e. The Balaban J connectivity index is 1.65. The number of rotatable bonds is 3. The predicted molar refractivity (Wildman–Crippen MR) is 92.5 cm³/mol. The second-order valence-corrected chi connectivity index (χ2v) is 7.09. The molecule has 1 aliphatic rings. The molecule has 1 amide bonds. The second kappa shape index (κ2) is 6.82. The first-order valence-corrected chi connectivity index (χ1v) is 8.61. The maximum absolute atomic E-state index is 12.1. The molecule has 0 radical (unpaired) electrons. The fourth-order valence-corrected chi connectivity index (χ4v) is 3.87. The number of thiophene rings is 1. The first kappa shape index (κ1) is 15.5. The van der Waals surface area contributed by atoms with Gasteiger partial charge in [-0.25, -0.2) is 5.43 Å². The molecule has 3 nitrogen and oxygen atoms in total. The van der Waals surface area contributed by atoms with E-state index in [2.05, 4.69) is 10.5 Å². The van der Waals surface area contributed by atoms with Crippen molar-refractivity contribution in [1.82, 2.24) is 5.43 Å². The quantitative estimate of drug-likeness (QED) is 0.631. The van der Waals surface area contributed by atoms with Gasteiger partial charge in [-0.3, -0.25) is 4.79 Å². The van der Waals surface area contributed by atoms with Gasteiger partial charge in [-0.05, 0) is 55.0 Å². The van der Waals surface area contributed by atoms with Crippen LogP contribution in [-0.2, 0) is 12.8 Å². The van der Waals surface area contributed by atoms with Crippen LogP contribution in [-0.4, -0.2) is 12.1 Å². The van der Waals surface area contributed by atoms with Crippen molar-refractivity contribution < 1.29 is 4.79 Å². The summed E-state index contributed by atoms with van der Waals surface area (Å²) in [7, 11) is 0. The summed E-state index contributed by atoms with van der Waals surface area (Å²) in [6, 6.07) is 7.17. The maximum atomic E-state index is 12.1. The molecule has 0 bridgehead atoms. The Morgan fingerprint density at radius 1 is 1.18 bits per heavy atom. The minimum atomic E-state index is -0.171. The number of nitrogens with one attached hydrogen (secondary N) is 1. The molecule has 1 heterocycles. The molecule has 6 heteroatoms. The number of hydrazone groups is 1. The van der Waals surface area contributed by atoms with Crippen LogP contribution in [0, 0.1) is 0 Å². The molecule has 22 heavy (non-hydrogen) atoms. The summed E-state index contributed by atoms with van der Waals surface area (Å²) in [6.45, 7) is 0. The van der Waals surface area contributed by atoms with E-state index in [1.165, 1.54) is 23.3 Å². The zero-order valence-corrected chi connectivity index (χ0v) is 14.1. The Kier molecular flexibility index (Phi) is 4.81. The number of hydrogen-bond donors (Lipinski definition) is 1. The van der Waals surface area contributed by atoms with E-state index in [1.54, 1.807) is 35.8 Å². The van der Waals surface area contributed by atoms with Gasteiger partial charge in [0.1, 0.15) is 0 Å². The summed E-state index contributed by atoms with van der Waals surface area (Å²) in [5.74, 6) is -0.171. The largest absolute Gasteiger partial charge is 0.281 e. The number of nitrogens with zero attached hydrogens (tertiary/aromatic N) is 1. The van der Waals surface area contributed by atoms with Crippen LogP contribution in [0.15, 0.2) is 29.4 Å². The summed E-state index contributed by atoms with van der Waals surface area (Å²) >= 11 is 13.3. The molecule has 3 rings (SSSR count). The first-order chi connectivity index (χ1) is 10.6. The Bertz CT molecular complexity index is 716. The van der Waals surface area contributed by atoms with Gasteiger partial charge < -0.3 is 0 Å². The minimum Gasteiger partial charge on any atom is -0.266 e. The van der Waals surface area contributed by atoms with Gasteiger partial charge in [0.15, 0.2) is 0 Å². The fraction of sp³-hybridized carbons (Fsp3) is 0.250. The summed E-state index contributed by atoms with van der Waals surface area (Å²) < 4.78 is 0. The standard InChI is InChI=1S/C16H14Cl2N2OS/c17-12-6-5-10(7-13(12)18)9-19-20-16(21)15-8-11-3-1-2-4-14(11)22-15/h5-9H,1-4H2,(H,20,21). The van der Waals surface area contributed by atoms with E-state index in [0.717, 1.165) is 23.3 Å². The molecule has 1 aliphatic carbocycles. The third kappa shape index (κ3) is 3.51. The number of halogens is 2. The van der Waals surface area contributed by atoms with Crippen LogP contribution in [0.4, 0.5) is 0 Å². The minimum absolute atomic E-state index is 0.171. The summed E-state index contributed by atoms with van der Waals surface area (Å²) in [6.07, 6.45) is 6.13. The van der Waals surface area contributed by atoms with Crippen molar-refractivity contribution >= 4 is 46.7 Å². The van der Waals surface area contributed by atoms with Gasteiger partial charge in [0.25, 0.3) is 5.91 Å². The number of fused-ring (bicyclic) bond motifs is 1. The van der Waals surface area contributed by atoms with E-state index in [9.17, 15) is 4.79 Å². The van der Waals surface area contributed by atoms with Crippen molar-refractivity contribution in [1.29, 1.82) is 0 Å². The van der Waals surface area contributed by atoms with Crippen molar-refractivity contribution in [3.05, 3.63) is 55.2 Å². The van der Waals surface area contributed by atoms with E-state index in [4.69, 9.17) is 23.2 Å². The van der Waals surface area contributed by atoms with Crippen molar-refractivity contribution in [2.75, 3.05) is 0 Å². The fourth-order valence-electron chi connectivity index (χ4n) is 2.42. The molecule has 0 aliphatic heterocycles. The van der Waals surface area contributed by atoms with Gasteiger partial charge in [-0.2, -0.15) is 5.10 Å². The average Bonchev–Trinajstić information content (AvgIpc) is 2.95. The molecule has 0 unspecified atom stereocenters. The topological polar surface area (TPSA) is 41.5 Å². The van der Waals surface area contributed by atoms with Gasteiger partial charge in [-0.15, -0.1) is 11.3 Å². The summed E-state index contributed by atoms with van der Waals surface area (Å²) in [5.41, 5.74) is 4.65. The second-order valence-electron chi connectivity index (χ2n) is 5.14. The van der Waals surface area contributed by atoms with E-state index in [-0.39, 0.29) is 5.91 Å². The van der Waals surface area contributed by atoms with E-state index in [0.29, 0.717) is 10.0 Å². The molecule has 0 fully saturated rings. The van der Waals surface area contributed by atoms with Crippen LogP contribution < -0.4 is 5.43 Å². The summed E-state index contributed by atoms with van der Waals surface area (Å²) in [5, 5.41) is 4.93. The van der Waals surface area contributed by atoms with Gasteiger partial charge in [0, 0.05) is 4.88 Å². The number of amides is 1. The smallest absolute Gasteiger partial charge is 0.266 e. The third-order valence-corrected chi connectivity index (χ3v) is 5.52. The Hall–Kier alpha value is -1.36. The molecule has 1 aromatic heterocycles. The Morgan fingerprint density at radius 2 is 2.00 bits per heavy atom. The molecule has 0 atom stereocenters. The number of carbonyl (C=O) groups excluding carboxylic acids is 1. The third-order valence-electron chi connectivity index (χ3n) is 3.54. The SMILES string of the molecule is O=C(NN=Cc1ccc(Cl)c(Cl)c1)c1cc2c(s1)CCCC2. The van der Waals surface area contributed by atoms with Crippen LogP contribution in [0.3, 0.4) is 0 Å². The van der Waals surface area contributed by atoms with Gasteiger partial charge in [-0.1, -0.05) is 29.3 Å². The van der Waals surface area contributed by atoms with Crippen LogP contribution in [0.2, 0.25) is 10.0 Å². The first-order valence-electron chi connectivity index (χ1n) is 7.03. The lowest BCUT2D eigenvalue weighted by Gasteiger charge is -2.08. The molecule has 1 aromatic carbocycles. The van der Waals surface area contributed by atoms with E-state index in [1.807, 2.05) is 6.07 Å². The highest BCUT2D eigenvalue weighted by Crippen LogP contribution is 2.29. The zero-order valence-electron chi connectivity index (χ0n) is 11.7. The Labute approximate surface area is 142 Å². The molecular weight excluding hydrogens is 339 g/mol. The number of hydrogen-bond acceptors (Lipinski definition) is 3. The number of benzene rings is 1. The van der Waals surface area contributed by atoms with Crippen LogP contribution in [0.5, 0.6) is 0 Å². The lowest BCUT2D eigenvalue weighted by atomic mass is 9.99. The molecule has 2 aromatic rings.